The van der Waals surface area contributed by atoms with Crippen molar-refractivity contribution in [2.24, 2.45) is 0 Å². The lowest BCUT2D eigenvalue weighted by Gasteiger charge is -2.08. The number of rotatable bonds is 1. The van der Waals surface area contributed by atoms with Crippen LogP contribution in [0.3, 0.4) is 0 Å². The van der Waals surface area contributed by atoms with Crippen LogP contribution >= 0.6 is 0 Å². The maximum absolute atomic E-state index is 12.2. The van der Waals surface area contributed by atoms with Crippen molar-refractivity contribution in [2.75, 3.05) is 0 Å². The first kappa shape index (κ1) is 10.2. The Morgan fingerprint density at radius 2 is 1.93 bits per heavy atom. The number of carbonyl (C=O) groups is 1. The molecule has 0 amide bonds. The first-order valence-electron chi connectivity index (χ1n) is 3.20. The van der Waals surface area contributed by atoms with Crippen molar-refractivity contribution in [3.8, 4) is 5.75 Å². The van der Waals surface area contributed by atoms with Gasteiger partial charge in [-0.3, -0.25) is 0 Å². The number of ether oxygens (including phenoxy) is 1. The fraction of sp³-hybridized carbons (Fsp3) is 0.167. The average molecular weight is 208 g/mol. The van der Waals surface area contributed by atoms with Gasteiger partial charge in [-0.05, 0) is 0 Å². The van der Waals surface area contributed by atoms with E-state index in [0.29, 0.717) is 12.4 Å². The number of aromatic nitrogens is 2. The zero-order chi connectivity index (χ0) is 10.8. The van der Waals surface area contributed by atoms with E-state index in [1.165, 1.54) is 0 Å². The molecule has 0 aliphatic carbocycles. The van der Waals surface area contributed by atoms with Crippen LogP contribution in [0.5, 0.6) is 5.75 Å². The molecule has 0 aliphatic heterocycles. The molecule has 0 saturated heterocycles. The molecule has 14 heavy (non-hydrogen) atoms. The SMILES string of the molecule is O=C(O)Oc1cnncc1C(F)(F)F. The number of hydrogen-bond acceptors (Lipinski definition) is 4. The molecule has 0 unspecified atom stereocenters. The third kappa shape index (κ3) is 2.31. The summed E-state index contributed by atoms with van der Waals surface area (Å²) in [6.45, 7) is 0. The quantitative estimate of drug-likeness (QED) is 0.709. The number of hydrogen-bond donors (Lipinski definition) is 1. The van der Waals surface area contributed by atoms with E-state index in [9.17, 15) is 18.0 Å². The summed E-state index contributed by atoms with van der Waals surface area (Å²) in [6.07, 6.45) is -5.60. The molecule has 0 atom stereocenters. The van der Waals surface area contributed by atoms with Crippen molar-refractivity contribution < 1.29 is 27.8 Å². The molecule has 1 aromatic heterocycles. The normalized spacial score (nSPS) is 11.1. The lowest BCUT2D eigenvalue weighted by molar-refractivity contribution is -0.139. The van der Waals surface area contributed by atoms with Crippen LogP contribution in [-0.2, 0) is 6.18 Å². The molecule has 1 N–H and O–H groups in total. The van der Waals surface area contributed by atoms with Crippen LogP contribution in [0, 0.1) is 0 Å². The molecule has 0 fully saturated rings. The minimum atomic E-state index is -4.72. The number of alkyl halides is 3. The standard InChI is InChI=1S/C6H3F3N2O3/c7-6(8,9)3-1-10-11-2-4(3)14-5(12)13/h1-2H,(H,12,13). The van der Waals surface area contributed by atoms with Crippen LogP contribution in [-0.4, -0.2) is 21.5 Å². The Bertz CT molecular complexity index is 352. The predicted molar refractivity (Wildman–Crippen MR) is 35.7 cm³/mol. The smallest absolute Gasteiger partial charge is 0.449 e. The Kier molecular flexibility index (Phi) is 2.54. The van der Waals surface area contributed by atoms with Gasteiger partial charge in [0, 0.05) is 0 Å². The molecule has 0 aliphatic rings. The van der Waals surface area contributed by atoms with E-state index < -0.39 is 23.6 Å². The van der Waals surface area contributed by atoms with Crippen molar-refractivity contribution in [3.05, 3.63) is 18.0 Å². The fourth-order valence-corrected chi connectivity index (χ4v) is 0.698. The third-order valence-electron chi connectivity index (χ3n) is 1.20. The van der Waals surface area contributed by atoms with Gasteiger partial charge in [0.1, 0.15) is 5.56 Å². The molecule has 0 radical (unpaired) electrons. The van der Waals surface area contributed by atoms with Gasteiger partial charge in [0.15, 0.2) is 5.75 Å². The van der Waals surface area contributed by atoms with E-state index in [4.69, 9.17) is 5.11 Å². The number of nitrogens with zero attached hydrogens (tertiary/aromatic N) is 2. The van der Waals surface area contributed by atoms with Gasteiger partial charge in [-0.25, -0.2) is 4.79 Å². The maximum atomic E-state index is 12.2. The second-order valence-corrected chi connectivity index (χ2v) is 2.13. The van der Waals surface area contributed by atoms with Gasteiger partial charge in [-0.2, -0.15) is 23.4 Å². The highest BCUT2D eigenvalue weighted by molar-refractivity contribution is 5.61. The van der Waals surface area contributed by atoms with Gasteiger partial charge >= 0.3 is 12.3 Å². The van der Waals surface area contributed by atoms with Gasteiger partial charge in [0.25, 0.3) is 0 Å². The highest BCUT2D eigenvalue weighted by Crippen LogP contribution is 2.34. The third-order valence-corrected chi connectivity index (χ3v) is 1.20. The van der Waals surface area contributed by atoms with Crippen LogP contribution in [0.2, 0.25) is 0 Å². The van der Waals surface area contributed by atoms with Crippen LogP contribution in [0.1, 0.15) is 5.56 Å². The molecule has 1 heterocycles. The first-order valence-corrected chi connectivity index (χ1v) is 3.20. The summed E-state index contributed by atoms with van der Waals surface area (Å²) in [4.78, 5) is 10.0. The van der Waals surface area contributed by atoms with E-state index in [-0.39, 0.29) is 0 Å². The summed E-state index contributed by atoms with van der Waals surface area (Å²) in [5.74, 6) is -0.889. The minimum absolute atomic E-state index is 0.387. The Hall–Kier alpha value is -1.86. The van der Waals surface area contributed by atoms with Crippen molar-refractivity contribution >= 4 is 6.16 Å². The number of carboxylic acid groups (broad SMARTS) is 1. The highest BCUT2D eigenvalue weighted by atomic mass is 19.4. The zero-order valence-electron chi connectivity index (χ0n) is 6.45. The van der Waals surface area contributed by atoms with Crippen molar-refractivity contribution in [1.82, 2.24) is 10.2 Å². The summed E-state index contributed by atoms with van der Waals surface area (Å²) < 4.78 is 40.3. The van der Waals surface area contributed by atoms with Crippen molar-refractivity contribution in [2.45, 2.75) is 6.18 Å². The second-order valence-electron chi connectivity index (χ2n) is 2.13. The van der Waals surface area contributed by atoms with Crippen LogP contribution in [0.15, 0.2) is 12.4 Å². The molecule has 0 spiro atoms. The molecule has 0 aromatic carbocycles. The summed E-state index contributed by atoms with van der Waals surface area (Å²) >= 11 is 0. The van der Waals surface area contributed by atoms with Crippen molar-refractivity contribution in [3.63, 3.8) is 0 Å². The lowest BCUT2D eigenvalue weighted by atomic mass is 10.3. The van der Waals surface area contributed by atoms with E-state index in [2.05, 4.69) is 14.9 Å². The minimum Gasteiger partial charge on any atom is -0.449 e. The average Bonchev–Trinajstić information content (AvgIpc) is 2.01. The molecule has 0 saturated carbocycles. The molecule has 1 rings (SSSR count). The maximum Gasteiger partial charge on any atom is 0.511 e. The molecular formula is C6H3F3N2O3. The summed E-state index contributed by atoms with van der Waals surface area (Å²) in [6, 6.07) is 0. The zero-order valence-corrected chi connectivity index (χ0v) is 6.45. The summed E-state index contributed by atoms with van der Waals surface area (Å²) in [5, 5.41) is 14.2. The van der Waals surface area contributed by atoms with Gasteiger partial charge < -0.3 is 9.84 Å². The predicted octanol–water partition coefficient (Wildman–Crippen LogP) is 1.55. The Balaban J connectivity index is 3.10. The monoisotopic (exact) mass is 208 g/mol. The fourth-order valence-electron chi connectivity index (χ4n) is 0.698. The molecule has 1 aromatic rings. The van der Waals surface area contributed by atoms with Gasteiger partial charge in [-0.1, -0.05) is 0 Å². The largest absolute Gasteiger partial charge is 0.511 e. The topological polar surface area (TPSA) is 72.3 Å². The summed E-state index contributed by atoms with van der Waals surface area (Å²) in [5.41, 5.74) is -1.28. The molecular weight excluding hydrogens is 205 g/mol. The number of halogens is 3. The molecule has 8 heteroatoms. The molecule has 76 valence electrons. The summed E-state index contributed by atoms with van der Waals surface area (Å²) in [7, 11) is 0. The van der Waals surface area contributed by atoms with Crippen LogP contribution in [0.4, 0.5) is 18.0 Å². The van der Waals surface area contributed by atoms with Gasteiger partial charge in [-0.15, -0.1) is 0 Å². The van der Waals surface area contributed by atoms with Gasteiger partial charge in [0.05, 0.1) is 12.4 Å². The van der Waals surface area contributed by atoms with Crippen LogP contribution < -0.4 is 4.74 Å². The van der Waals surface area contributed by atoms with E-state index in [0.717, 1.165) is 0 Å². The van der Waals surface area contributed by atoms with Crippen molar-refractivity contribution in [1.29, 1.82) is 0 Å². The molecule has 5 nitrogen and oxygen atoms in total. The second kappa shape index (κ2) is 3.48. The highest BCUT2D eigenvalue weighted by Gasteiger charge is 2.35. The van der Waals surface area contributed by atoms with E-state index in [1.807, 2.05) is 0 Å². The van der Waals surface area contributed by atoms with E-state index >= 15 is 0 Å². The van der Waals surface area contributed by atoms with E-state index in [1.54, 1.807) is 0 Å². The van der Waals surface area contributed by atoms with Crippen LogP contribution in [0.25, 0.3) is 0 Å². The Morgan fingerprint density at radius 3 is 2.43 bits per heavy atom. The van der Waals surface area contributed by atoms with Gasteiger partial charge in [0.2, 0.25) is 0 Å². The Morgan fingerprint density at radius 1 is 1.36 bits per heavy atom. The lowest BCUT2D eigenvalue weighted by Crippen LogP contribution is -2.12. The molecule has 0 bridgehead atoms. The Labute approximate surface area is 75.1 Å². The first-order chi connectivity index (χ1) is 6.41.